The molecule has 0 bridgehead atoms. The molecule has 92 valence electrons. The first-order chi connectivity index (χ1) is 7.61. The van der Waals surface area contributed by atoms with Crippen molar-refractivity contribution in [3.05, 3.63) is 0 Å². The van der Waals surface area contributed by atoms with Gasteiger partial charge in [-0.2, -0.15) is 0 Å². The molecule has 0 aromatic heterocycles. The van der Waals surface area contributed by atoms with Crippen LogP contribution >= 0.6 is 0 Å². The fourth-order valence-electron chi connectivity index (χ4n) is 3.10. The molecule has 4 heteroatoms. The Balaban J connectivity index is 2.04. The van der Waals surface area contributed by atoms with Crippen LogP contribution in [0.5, 0.6) is 0 Å². The Hall–Kier alpha value is -0.610. The first kappa shape index (κ1) is 11.9. The minimum Gasteiger partial charge on any atom is -0.481 e. The summed E-state index contributed by atoms with van der Waals surface area (Å²) in [6.45, 7) is 7.07. The van der Waals surface area contributed by atoms with E-state index in [1.165, 1.54) is 12.8 Å². The number of rotatable bonds is 3. The van der Waals surface area contributed by atoms with Crippen LogP contribution in [-0.4, -0.2) is 47.7 Å². The molecule has 0 spiro atoms. The third-order valence-corrected chi connectivity index (χ3v) is 4.36. The van der Waals surface area contributed by atoms with Crippen molar-refractivity contribution in [2.45, 2.75) is 38.8 Å². The summed E-state index contributed by atoms with van der Waals surface area (Å²) < 4.78 is 0. The lowest BCUT2D eigenvalue weighted by Crippen LogP contribution is -2.52. The molecular formula is C12H22N2O2. The average molecular weight is 226 g/mol. The molecule has 2 N–H and O–H groups in total. The minimum absolute atomic E-state index is 0.144. The predicted octanol–water partition coefficient (Wildman–Crippen LogP) is 0.779. The Labute approximate surface area is 97.0 Å². The molecule has 4 nitrogen and oxygen atoms in total. The Morgan fingerprint density at radius 1 is 1.44 bits per heavy atom. The van der Waals surface area contributed by atoms with Crippen molar-refractivity contribution in [3.8, 4) is 0 Å². The first-order valence-electron chi connectivity index (χ1n) is 6.30. The van der Waals surface area contributed by atoms with Gasteiger partial charge in [-0.3, -0.25) is 9.69 Å². The zero-order valence-corrected chi connectivity index (χ0v) is 10.1. The second-order valence-electron chi connectivity index (χ2n) is 5.23. The number of hydrogen-bond acceptors (Lipinski definition) is 3. The first-order valence-corrected chi connectivity index (χ1v) is 6.30. The zero-order valence-electron chi connectivity index (χ0n) is 10.1. The number of aliphatic carboxylic acids is 1. The second kappa shape index (κ2) is 4.72. The molecule has 0 aliphatic carbocycles. The Kier molecular flexibility index (Phi) is 3.50. The molecule has 0 saturated carbocycles. The molecule has 2 saturated heterocycles. The largest absolute Gasteiger partial charge is 0.481 e. The highest BCUT2D eigenvalue weighted by molar-refractivity contribution is 5.70. The molecular weight excluding hydrogens is 204 g/mol. The predicted molar refractivity (Wildman–Crippen MR) is 62.3 cm³/mol. The van der Waals surface area contributed by atoms with E-state index in [9.17, 15) is 4.79 Å². The number of nitrogens with zero attached hydrogens (tertiary/aromatic N) is 1. The van der Waals surface area contributed by atoms with Gasteiger partial charge in [-0.25, -0.2) is 0 Å². The fraction of sp³-hybridized carbons (Fsp3) is 0.917. The van der Waals surface area contributed by atoms with Gasteiger partial charge in [0, 0.05) is 18.6 Å². The number of nitrogens with one attached hydrogen (secondary N) is 1. The van der Waals surface area contributed by atoms with Gasteiger partial charge in [-0.05, 0) is 38.8 Å². The van der Waals surface area contributed by atoms with Gasteiger partial charge in [-0.1, -0.05) is 6.92 Å². The van der Waals surface area contributed by atoms with Gasteiger partial charge >= 0.3 is 5.97 Å². The van der Waals surface area contributed by atoms with Gasteiger partial charge < -0.3 is 10.4 Å². The Bertz CT molecular complexity index is 270. The van der Waals surface area contributed by atoms with Crippen molar-refractivity contribution in [1.29, 1.82) is 0 Å². The molecule has 0 aromatic carbocycles. The van der Waals surface area contributed by atoms with Gasteiger partial charge in [-0.15, -0.1) is 0 Å². The van der Waals surface area contributed by atoms with E-state index in [1.807, 2.05) is 6.92 Å². The van der Waals surface area contributed by atoms with E-state index in [0.717, 1.165) is 25.6 Å². The number of likely N-dealkylation sites (tertiary alicyclic amines) is 1. The summed E-state index contributed by atoms with van der Waals surface area (Å²) in [4.78, 5) is 13.4. The number of carbonyl (C=O) groups is 1. The van der Waals surface area contributed by atoms with Gasteiger partial charge in [0.25, 0.3) is 0 Å². The number of piperidine rings is 1. The van der Waals surface area contributed by atoms with Crippen LogP contribution in [0.1, 0.15) is 26.7 Å². The van der Waals surface area contributed by atoms with Crippen LogP contribution in [0.15, 0.2) is 0 Å². The van der Waals surface area contributed by atoms with Crippen LogP contribution in [0.25, 0.3) is 0 Å². The summed E-state index contributed by atoms with van der Waals surface area (Å²) in [6, 6.07) is 0.704. The quantitative estimate of drug-likeness (QED) is 0.746. The lowest BCUT2D eigenvalue weighted by atomic mass is 9.88. The van der Waals surface area contributed by atoms with Gasteiger partial charge in [0.1, 0.15) is 0 Å². The average Bonchev–Trinajstić information content (AvgIpc) is 2.74. The normalized spacial score (nSPS) is 34.4. The molecule has 4 atom stereocenters. The summed E-state index contributed by atoms with van der Waals surface area (Å²) >= 11 is 0. The van der Waals surface area contributed by atoms with Crippen molar-refractivity contribution < 1.29 is 9.90 Å². The standard InChI is InChI=1S/C12H22N2O2/c1-8(12(15)16)9(2)14-5-3-4-10-6-13-7-11(10)14/h8-11,13H,3-7H2,1-2H3,(H,15,16). The van der Waals surface area contributed by atoms with Gasteiger partial charge in [0.15, 0.2) is 0 Å². The van der Waals surface area contributed by atoms with Crippen molar-refractivity contribution in [3.63, 3.8) is 0 Å². The zero-order chi connectivity index (χ0) is 11.7. The molecule has 2 heterocycles. The highest BCUT2D eigenvalue weighted by Gasteiger charge is 2.39. The maximum absolute atomic E-state index is 11.0. The maximum atomic E-state index is 11.0. The number of carboxylic acids is 1. The SMILES string of the molecule is CC(C(=O)O)C(C)N1CCCC2CNCC21. The molecule has 2 fully saturated rings. The monoisotopic (exact) mass is 226 g/mol. The molecule has 4 unspecified atom stereocenters. The lowest BCUT2D eigenvalue weighted by molar-refractivity contribution is -0.144. The summed E-state index contributed by atoms with van der Waals surface area (Å²) in [5.41, 5.74) is 0. The number of hydrogen-bond donors (Lipinski definition) is 2. The third kappa shape index (κ3) is 2.09. The van der Waals surface area contributed by atoms with Crippen LogP contribution < -0.4 is 5.32 Å². The van der Waals surface area contributed by atoms with E-state index in [-0.39, 0.29) is 12.0 Å². The van der Waals surface area contributed by atoms with Crippen LogP contribution in [0, 0.1) is 11.8 Å². The van der Waals surface area contributed by atoms with Crippen LogP contribution in [-0.2, 0) is 4.79 Å². The molecule has 2 aliphatic rings. The summed E-state index contributed by atoms with van der Waals surface area (Å²) in [5.74, 6) is -0.225. The lowest BCUT2D eigenvalue weighted by Gasteiger charge is -2.42. The summed E-state index contributed by atoms with van der Waals surface area (Å²) in [7, 11) is 0. The number of fused-ring (bicyclic) bond motifs is 1. The highest BCUT2D eigenvalue weighted by Crippen LogP contribution is 2.29. The van der Waals surface area contributed by atoms with E-state index < -0.39 is 5.97 Å². The van der Waals surface area contributed by atoms with E-state index in [4.69, 9.17) is 5.11 Å². The van der Waals surface area contributed by atoms with Crippen molar-refractivity contribution in [1.82, 2.24) is 10.2 Å². The second-order valence-corrected chi connectivity index (χ2v) is 5.23. The van der Waals surface area contributed by atoms with Crippen LogP contribution in [0.2, 0.25) is 0 Å². The van der Waals surface area contributed by atoms with Gasteiger partial charge in [0.2, 0.25) is 0 Å². The van der Waals surface area contributed by atoms with Crippen molar-refractivity contribution in [2.75, 3.05) is 19.6 Å². The van der Waals surface area contributed by atoms with E-state index in [0.29, 0.717) is 6.04 Å². The maximum Gasteiger partial charge on any atom is 0.307 e. The smallest absolute Gasteiger partial charge is 0.307 e. The Morgan fingerprint density at radius 3 is 2.88 bits per heavy atom. The van der Waals surface area contributed by atoms with Crippen LogP contribution in [0.3, 0.4) is 0 Å². The minimum atomic E-state index is -0.680. The topological polar surface area (TPSA) is 52.6 Å². The molecule has 0 amide bonds. The van der Waals surface area contributed by atoms with Crippen LogP contribution in [0.4, 0.5) is 0 Å². The molecule has 16 heavy (non-hydrogen) atoms. The molecule has 0 radical (unpaired) electrons. The van der Waals surface area contributed by atoms with Crippen molar-refractivity contribution >= 4 is 5.97 Å². The van der Waals surface area contributed by atoms with E-state index in [2.05, 4.69) is 17.1 Å². The molecule has 2 rings (SSSR count). The third-order valence-electron chi connectivity index (χ3n) is 4.36. The molecule has 2 aliphatic heterocycles. The van der Waals surface area contributed by atoms with E-state index >= 15 is 0 Å². The van der Waals surface area contributed by atoms with E-state index in [1.54, 1.807) is 0 Å². The summed E-state index contributed by atoms with van der Waals surface area (Å²) in [6.07, 6.45) is 2.50. The summed E-state index contributed by atoms with van der Waals surface area (Å²) in [5, 5.41) is 12.5. The molecule has 0 aromatic rings. The fourth-order valence-corrected chi connectivity index (χ4v) is 3.10. The van der Waals surface area contributed by atoms with Gasteiger partial charge in [0.05, 0.1) is 5.92 Å². The Morgan fingerprint density at radius 2 is 2.19 bits per heavy atom. The van der Waals surface area contributed by atoms with Crippen molar-refractivity contribution in [2.24, 2.45) is 11.8 Å². The number of carboxylic acid groups (broad SMARTS) is 1. The highest BCUT2D eigenvalue weighted by atomic mass is 16.4.